The lowest BCUT2D eigenvalue weighted by Gasteiger charge is -2.07. The fourth-order valence-electron chi connectivity index (χ4n) is 1.81. The molecule has 0 aliphatic carbocycles. The molecule has 0 amide bonds. The molecule has 2 aromatic rings. The summed E-state index contributed by atoms with van der Waals surface area (Å²) >= 11 is 0. The Kier molecular flexibility index (Phi) is 2.65. The second kappa shape index (κ2) is 4.46. The Labute approximate surface area is 109 Å². The number of anilines is 2. The molecule has 6 nitrogen and oxygen atoms in total. The van der Waals surface area contributed by atoms with Gasteiger partial charge in [0.1, 0.15) is 23.4 Å². The molecular formula is C13H10N4O2. The normalized spacial score (nSPS) is 12.0. The van der Waals surface area contributed by atoms with Gasteiger partial charge in [-0.1, -0.05) is 0 Å². The highest BCUT2D eigenvalue weighted by Gasteiger charge is 2.13. The maximum atomic E-state index is 8.87. The monoisotopic (exact) mass is 254 g/mol. The summed E-state index contributed by atoms with van der Waals surface area (Å²) in [6.45, 7) is 1.98. The number of aryl methyl sites for hydroxylation is 1. The molecular weight excluding hydrogens is 244 g/mol. The zero-order valence-corrected chi connectivity index (χ0v) is 10.2. The Balaban J connectivity index is 1.89. The van der Waals surface area contributed by atoms with E-state index in [0.29, 0.717) is 23.1 Å². The smallest absolute Gasteiger partial charge is 0.231 e. The number of nitrogens with zero attached hydrogens (tertiary/aromatic N) is 3. The molecule has 2 heterocycles. The minimum Gasteiger partial charge on any atom is -0.454 e. The zero-order valence-electron chi connectivity index (χ0n) is 10.2. The summed E-state index contributed by atoms with van der Waals surface area (Å²) in [6, 6.07) is 9.10. The minimum absolute atomic E-state index is 0.240. The Morgan fingerprint density at radius 1 is 1.21 bits per heavy atom. The van der Waals surface area contributed by atoms with Gasteiger partial charge in [-0.05, 0) is 19.1 Å². The molecule has 3 rings (SSSR count). The SMILES string of the molecule is Cc1nc(C#N)cc(Nc2ccc3c(c2)OCO3)n1. The van der Waals surface area contributed by atoms with E-state index in [0.717, 1.165) is 11.4 Å². The standard InChI is InChI=1S/C13H10N4O2/c1-8-15-10(6-14)5-13(16-8)17-9-2-3-11-12(4-9)19-7-18-11/h2-5H,7H2,1H3,(H,15,16,17). The van der Waals surface area contributed by atoms with Crippen molar-refractivity contribution in [2.45, 2.75) is 6.92 Å². The van der Waals surface area contributed by atoms with Crippen LogP contribution in [0.5, 0.6) is 11.5 Å². The average molecular weight is 254 g/mol. The predicted octanol–water partition coefficient (Wildman–Crippen LogP) is 2.13. The Morgan fingerprint density at radius 3 is 2.89 bits per heavy atom. The van der Waals surface area contributed by atoms with Gasteiger partial charge < -0.3 is 14.8 Å². The number of rotatable bonds is 2. The van der Waals surface area contributed by atoms with Crippen molar-refractivity contribution in [3.8, 4) is 17.6 Å². The Bertz CT molecular complexity index is 679. The first-order valence-corrected chi connectivity index (χ1v) is 5.67. The van der Waals surface area contributed by atoms with Crippen LogP contribution in [0.2, 0.25) is 0 Å². The van der Waals surface area contributed by atoms with Gasteiger partial charge in [-0.25, -0.2) is 9.97 Å². The molecule has 1 aliphatic rings. The number of hydrogen-bond donors (Lipinski definition) is 1. The number of nitrogens with one attached hydrogen (secondary N) is 1. The highest BCUT2D eigenvalue weighted by atomic mass is 16.7. The third-order valence-corrected chi connectivity index (χ3v) is 2.60. The van der Waals surface area contributed by atoms with E-state index in [4.69, 9.17) is 14.7 Å². The molecule has 0 fully saturated rings. The van der Waals surface area contributed by atoms with E-state index in [1.54, 1.807) is 13.0 Å². The molecule has 19 heavy (non-hydrogen) atoms. The molecule has 94 valence electrons. The summed E-state index contributed by atoms with van der Waals surface area (Å²) in [5, 5.41) is 12.0. The molecule has 1 aromatic carbocycles. The minimum atomic E-state index is 0.240. The molecule has 0 unspecified atom stereocenters. The van der Waals surface area contributed by atoms with Crippen LogP contribution in [-0.4, -0.2) is 16.8 Å². The largest absolute Gasteiger partial charge is 0.454 e. The Morgan fingerprint density at radius 2 is 2.05 bits per heavy atom. The van der Waals surface area contributed by atoms with Crippen LogP contribution in [0, 0.1) is 18.3 Å². The van der Waals surface area contributed by atoms with Crippen LogP contribution in [0.1, 0.15) is 11.5 Å². The molecule has 0 spiro atoms. The first-order valence-electron chi connectivity index (χ1n) is 5.67. The van der Waals surface area contributed by atoms with E-state index in [1.807, 2.05) is 24.3 Å². The van der Waals surface area contributed by atoms with Gasteiger partial charge in [0.25, 0.3) is 0 Å². The fourth-order valence-corrected chi connectivity index (χ4v) is 1.81. The molecule has 1 aromatic heterocycles. The number of hydrogen-bond acceptors (Lipinski definition) is 6. The van der Waals surface area contributed by atoms with Gasteiger partial charge in [0.15, 0.2) is 11.5 Å². The predicted molar refractivity (Wildman–Crippen MR) is 67.3 cm³/mol. The van der Waals surface area contributed by atoms with Crippen molar-refractivity contribution in [3.05, 3.63) is 35.8 Å². The van der Waals surface area contributed by atoms with Crippen molar-refractivity contribution >= 4 is 11.5 Å². The summed E-state index contributed by atoms with van der Waals surface area (Å²) in [4.78, 5) is 8.22. The van der Waals surface area contributed by atoms with Gasteiger partial charge in [-0.15, -0.1) is 0 Å². The lowest BCUT2D eigenvalue weighted by molar-refractivity contribution is 0.174. The van der Waals surface area contributed by atoms with E-state index < -0.39 is 0 Å². The summed E-state index contributed by atoms with van der Waals surface area (Å²) < 4.78 is 10.5. The third-order valence-electron chi connectivity index (χ3n) is 2.60. The van der Waals surface area contributed by atoms with E-state index in [1.165, 1.54) is 0 Å². The van der Waals surface area contributed by atoms with Crippen molar-refractivity contribution < 1.29 is 9.47 Å². The van der Waals surface area contributed by atoms with E-state index in [9.17, 15) is 0 Å². The van der Waals surface area contributed by atoms with Crippen LogP contribution < -0.4 is 14.8 Å². The molecule has 0 atom stereocenters. The highest BCUT2D eigenvalue weighted by Crippen LogP contribution is 2.34. The topological polar surface area (TPSA) is 80.1 Å². The van der Waals surface area contributed by atoms with Crippen LogP contribution in [-0.2, 0) is 0 Å². The maximum absolute atomic E-state index is 8.87. The van der Waals surface area contributed by atoms with Crippen LogP contribution in [0.15, 0.2) is 24.3 Å². The number of ether oxygens (including phenoxy) is 2. The van der Waals surface area contributed by atoms with Gasteiger partial charge in [0.2, 0.25) is 6.79 Å². The van der Waals surface area contributed by atoms with Crippen molar-refractivity contribution in [1.29, 1.82) is 5.26 Å². The molecule has 1 N–H and O–H groups in total. The molecule has 0 saturated heterocycles. The van der Waals surface area contributed by atoms with Crippen molar-refractivity contribution in [2.24, 2.45) is 0 Å². The lowest BCUT2D eigenvalue weighted by atomic mass is 10.2. The van der Waals surface area contributed by atoms with Crippen molar-refractivity contribution in [2.75, 3.05) is 12.1 Å². The van der Waals surface area contributed by atoms with Gasteiger partial charge in [0, 0.05) is 17.8 Å². The molecule has 0 saturated carbocycles. The molecule has 1 aliphatic heterocycles. The van der Waals surface area contributed by atoms with Crippen molar-refractivity contribution in [3.63, 3.8) is 0 Å². The summed E-state index contributed by atoms with van der Waals surface area (Å²) in [5.74, 6) is 2.53. The summed E-state index contributed by atoms with van der Waals surface area (Å²) in [7, 11) is 0. The van der Waals surface area contributed by atoms with E-state index >= 15 is 0 Å². The first-order chi connectivity index (χ1) is 9.24. The molecule has 0 radical (unpaired) electrons. The number of nitriles is 1. The van der Waals surface area contributed by atoms with E-state index in [2.05, 4.69) is 15.3 Å². The third kappa shape index (κ3) is 2.26. The van der Waals surface area contributed by atoms with E-state index in [-0.39, 0.29) is 6.79 Å². The van der Waals surface area contributed by atoms with Gasteiger partial charge in [-0.2, -0.15) is 5.26 Å². The first kappa shape index (κ1) is 11.3. The number of benzene rings is 1. The molecule has 0 bridgehead atoms. The second-order valence-corrected chi connectivity index (χ2v) is 3.99. The van der Waals surface area contributed by atoms with Gasteiger partial charge >= 0.3 is 0 Å². The average Bonchev–Trinajstić information content (AvgIpc) is 2.85. The maximum Gasteiger partial charge on any atom is 0.231 e. The van der Waals surface area contributed by atoms with Crippen LogP contribution in [0.3, 0.4) is 0 Å². The van der Waals surface area contributed by atoms with Gasteiger partial charge in [0.05, 0.1) is 0 Å². The Hall–Kier alpha value is -2.81. The van der Waals surface area contributed by atoms with Crippen molar-refractivity contribution in [1.82, 2.24) is 9.97 Å². The number of aromatic nitrogens is 2. The quantitative estimate of drug-likeness (QED) is 0.884. The van der Waals surface area contributed by atoms with Crippen LogP contribution in [0.4, 0.5) is 11.5 Å². The fraction of sp³-hybridized carbons (Fsp3) is 0.154. The van der Waals surface area contributed by atoms with Crippen LogP contribution in [0.25, 0.3) is 0 Å². The zero-order chi connectivity index (χ0) is 13.2. The lowest BCUT2D eigenvalue weighted by Crippen LogP contribution is -1.99. The summed E-state index contributed by atoms with van der Waals surface area (Å²) in [5.41, 5.74) is 1.14. The van der Waals surface area contributed by atoms with Crippen LogP contribution >= 0.6 is 0 Å². The van der Waals surface area contributed by atoms with Gasteiger partial charge in [-0.3, -0.25) is 0 Å². The number of fused-ring (bicyclic) bond motifs is 1. The summed E-state index contributed by atoms with van der Waals surface area (Å²) in [6.07, 6.45) is 0. The molecule has 6 heteroatoms. The highest BCUT2D eigenvalue weighted by molar-refractivity contribution is 5.62. The second-order valence-electron chi connectivity index (χ2n) is 3.99.